The molecule has 21 heavy (non-hydrogen) atoms. The van der Waals surface area contributed by atoms with E-state index in [0.29, 0.717) is 18.9 Å². The molecule has 2 unspecified atom stereocenters. The Morgan fingerprint density at radius 3 is 2.43 bits per heavy atom. The first kappa shape index (κ1) is 15.8. The van der Waals surface area contributed by atoms with Crippen molar-refractivity contribution in [3.05, 3.63) is 29.8 Å². The van der Waals surface area contributed by atoms with E-state index in [2.05, 4.69) is 4.90 Å². The molecule has 1 N–H and O–H groups in total. The third-order valence-electron chi connectivity index (χ3n) is 3.68. The van der Waals surface area contributed by atoms with Crippen LogP contribution in [-0.4, -0.2) is 68.6 Å². The van der Waals surface area contributed by atoms with E-state index in [4.69, 9.17) is 19.3 Å². The highest BCUT2D eigenvalue weighted by Crippen LogP contribution is 2.19. The summed E-state index contributed by atoms with van der Waals surface area (Å²) in [6.45, 7) is 2.71. The Kier molecular flexibility index (Phi) is 5.55. The van der Waals surface area contributed by atoms with Gasteiger partial charge in [-0.05, 0) is 12.1 Å². The molecule has 1 aromatic carbocycles. The molecule has 0 saturated carbocycles. The van der Waals surface area contributed by atoms with E-state index in [1.54, 1.807) is 32.4 Å². The number of benzene rings is 1. The van der Waals surface area contributed by atoms with Crippen LogP contribution in [0, 0.1) is 0 Å². The number of nitrogens with zero attached hydrogens (tertiary/aromatic N) is 1. The van der Waals surface area contributed by atoms with Crippen molar-refractivity contribution in [2.75, 3.05) is 40.5 Å². The number of hydrogen-bond acceptors (Lipinski definition) is 5. The van der Waals surface area contributed by atoms with Gasteiger partial charge >= 0.3 is 5.97 Å². The lowest BCUT2D eigenvalue weighted by Gasteiger charge is -2.16. The second-order valence-electron chi connectivity index (χ2n) is 4.96. The molecule has 1 heterocycles. The van der Waals surface area contributed by atoms with Crippen LogP contribution in [0.25, 0.3) is 0 Å². The van der Waals surface area contributed by atoms with E-state index in [0.717, 1.165) is 13.1 Å². The number of methoxy groups -OCH3 is 2. The van der Waals surface area contributed by atoms with Gasteiger partial charge in [0.05, 0.1) is 12.2 Å². The molecule has 6 heteroatoms. The van der Waals surface area contributed by atoms with Crippen molar-refractivity contribution in [1.82, 2.24) is 4.90 Å². The number of hydrogen-bond donors (Lipinski definition) is 1. The van der Waals surface area contributed by atoms with Crippen molar-refractivity contribution >= 4 is 5.97 Å². The summed E-state index contributed by atoms with van der Waals surface area (Å²) < 4.78 is 16.3. The molecular formula is C15H21NO5. The Balaban J connectivity index is 1.84. The minimum atomic E-state index is -0.981. The first-order chi connectivity index (χ1) is 10.2. The van der Waals surface area contributed by atoms with Crippen LogP contribution in [-0.2, 0) is 9.47 Å². The zero-order chi connectivity index (χ0) is 15.2. The molecule has 0 spiro atoms. The Hall–Kier alpha value is -1.63. The maximum absolute atomic E-state index is 11.1. The molecular weight excluding hydrogens is 274 g/mol. The normalized spacial score (nSPS) is 22.4. The molecule has 116 valence electrons. The summed E-state index contributed by atoms with van der Waals surface area (Å²) >= 11 is 0. The molecule has 1 aliphatic heterocycles. The summed E-state index contributed by atoms with van der Waals surface area (Å²) in [4.78, 5) is 13.3. The Labute approximate surface area is 124 Å². The highest BCUT2D eigenvalue weighted by Gasteiger charge is 2.32. The Bertz CT molecular complexity index is 467. The molecule has 1 fully saturated rings. The van der Waals surface area contributed by atoms with Crippen LogP contribution in [0.2, 0.25) is 0 Å². The monoisotopic (exact) mass is 295 g/mol. The predicted molar refractivity (Wildman–Crippen MR) is 76.9 cm³/mol. The van der Waals surface area contributed by atoms with E-state index in [1.165, 1.54) is 6.07 Å². The second kappa shape index (κ2) is 7.40. The van der Waals surface area contributed by atoms with Crippen molar-refractivity contribution in [2.45, 2.75) is 12.2 Å². The zero-order valence-corrected chi connectivity index (χ0v) is 12.3. The van der Waals surface area contributed by atoms with Gasteiger partial charge < -0.3 is 19.3 Å². The maximum Gasteiger partial charge on any atom is 0.339 e. The standard InChI is InChI=1S/C15H21NO5/c1-19-13-9-16(10-14(13)20-2)7-8-21-12-6-4-3-5-11(12)15(17)18/h3-6,13-14H,7-10H2,1-2H3,(H,17,18). The number of carbonyl (C=O) groups is 1. The topological polar surface area (TPSA) is 68.2 Å². The summed E-state index contributed by atoms with van der Waals surface area (Å²) in [6.07, 6.45) is 0.141. The maximum atomic E-state index is 11.1. The van der Waals surface area contributed by atoms with Gasteiger partial charge in [0.25, 0.3) is 0 Å². The van der Waals surface area contributed by atoms with Gasteiger partial charge in [0, 0.05) is 33.9 Å². The molecule has 0 radical (unpaired) electrons. The number of aromatic carboxylic acids is 1. The van der Waals surface area contributed by atoms with E-state index < -0.39 is 5.97 Å². The van der Waals surface area contributed by atoms with Crippen molar-refractivity contribution in [1.29, 1.82) is 0 Å². The van der Waals surface area contributed by atoms with Crippen LogP contribution in [0.4, 0.5) is 0 Å². The summed E-state index contributed by atoms with van der Waals surface area (Å²) in [7, 11) is 3.36. The predicted octanol–water partition coefficient (Wildman–Crippen LogP) is 1.11. The molecule has 0 aliphatic carbocycles. The third-order valence-corrected chi connectivity index (χ3v) is 3.68. The zero-order valence-electron chi connectivity index (χ0n) is 12.3. The van der Waals surface area contributed by atoms with Gasteiger partial charge in [-0.25, -0.2) is 4.79 Å². The van der Waals surface area contributed by atoms with Gasteiger partial charge in [-0.2, -0.15) is 0 Å². The number of carboxylic acid groups (broad SMARTS) is 1. The molecule has 2 atom stereocenters. The highest BCUT2D eigenvalue weighted by molar-refractivity contribution is 5.90. The quantitative estimate of drug-likeness (QED) is 0.812. The smallest absolute Gasteiger partial charge is 0.339 e. The molecule has 6 nitrogen and oxygen atoms in total. The number of rotatable bonds is 7. The average Bonchev–Trinajstić information content (AvgIpc) is 2.90. The molecule has 1 aliphatic rings. The lowest BCUT2D eigenvalue weighted by molar-refractivity contribution is -0.00461. The minimum Gasteiger partial charge on any atom is -0.491 e. The van der Waals surface area contributed by atoms with Crippen molar-refractivity contribution < 1.29 is 24.1 Å². The van der Waals surface area contributed by atoms with Crippen LogP contribution in [0.5, 0.6) is 5.75 Å². The summed E-state index contributed by atoms with van der Waals surface area (Å²) in [5, 5.41) is 9.09. The van der Waals surface area contributed by atoms with E-state index in [9.17, 15) is 4.79 Å². The van der Waals surface area contributed by atoms with Crippen LogP contribution < -0.4 is 4.74 Å². The van der Waals surface area contributed by atoms with Gasteiger partial charge in [-0.3, -0.25) is 4.90 Å². The van der Waals surface area contributed by atoms with Crippen LogP contribution in [0.3, 0.4) is 0 Å². The molecule has 0 aromatic heterocycles. The van der Waals surface area contributed by atoms with E-state index in [1.807, 2.05) is 0 Å². The number of likely N-dealkylation sites (tertiary alicyclic amines) is 1. The molecule has 1 aromatic rings. The lowest BCUT2D eigenvalue weighted by Crippen LogP contribution is -2.27. The van der Waals surface area contributed by atoms with Gasteiger partial charge in [-0.1, -0.05) is 12.1 Å². The number of carboxylic acids is 1. The third kappa shape index (κ3) is 3.93. The first-order valence-corrected chi connectivity index (χ1v) is 6.88. The average molecular weight is 295 g/mol. The highest BCUT2D eigenvalue weighted by atomic mass is 16.5. The number of ether oxygens (including phenoxy) is 3. The fraction of sp³-hybridized carbons (Fsp3) is 0.533. The fourth-order valence-electron chi connectivity index (χ4n) is 2.51. The molecule has 2 rings (SSSR count). The molecule has 0 amide bonds. The Morgan fingerprint density at radius 2 is 1.86 bits per heavy atom. The SMILES string of the molecule is COC1CN(CCOc2ccccc2C(=O)O)CC1OC. The van der Waals surface area contributed by atoms with Crippen molar-refractivity contribution in [3.8, 4) is 5.75 Å². The van der Waals surface area contributed by atoms with Gasteiger partial charge in [0.2, 0.25) is 0 Å². The van der Waals surface area contributed by atoms with Gasteiger partial charge in [-0.15, -0.1) is 0 Å². The Morgan fingerprint density at radius 1 is 1.24 bits per heavy atom. The van der Waals surface area contributed by atoms with E-state index in [-0.39, 0.29) is 17.8 Å². The summed E-state index contributed by atoms with van der Waals surface area (Å²) in [5.41, 5.74) is 0.184. The van der Waals surface area contributed by atoms with Crippen molar-refractivity contribution in [3.63, 3.8) is 0 Å². The molecule has 1 saturated heterocycles. The largest absolute Gasteiger partial charge is 0.491 e. The first-order valence-electron chi connectivity index (χ1n) is 6.88. The summed E-state index contributed by atoms with van der Waals surface area (Å²) in [5.74, 6) is -0.582. The van der Waals surface area contributed by atoms with Crippen molar-refractivity contribution in [2.24, 2.45) is 0 Å². The minimum absolute atomic E-state index is 0.0707. The van der Waals surface area contributed by atoms with Gasteiger partial charge in [0.15, 0.2) is 0 Å². The number of para-hydroxylation sites is 1. The van der Waals surface area contributed by atoms with Gasteiger partial charge in [0.1, 0.15) is 17.9 Å². The van der Waals surface area contributed by atoms with Crippen LogP contribution in [0.15, 0.2) is 24.3 Å². The second-order valence-corrected chi connectivity index (χ2v) is 4.96. The lowest BCUT2D eigenvalue weighted by atomic mass is 10.2. The van der Waals surface area contributed by atoms with E-state index >= 15 is 0 Å². The molecule has 0 bridgehead atoms. The van der Waals surface area contributed by atoms with Crippen LogP contribution in [0.1, 0.15) is 10.4 Å². The fourth-order valence-corrected chi connectivity index (χ4v) is 2.51. The summed E-state index contributed by atoms with van der Waals surface area (Å²) in [6, 6.07) is 6.65. The van der Waals surface area contributed by atoms with Crippen LogP contribution >= 0.6 is 0 Å².